The largest absolute Gasteiger partial charge is 0.446 e. The molecule has 10 N–H and O–H groups in total. The first-order chi connectivity index (χ1) is 22.8. The minimum Gasteiger partial charge on any atom is -0.446 e. The third-order valence-electron chi connectivity index (χ3n) is 13.5. The van der Waals surface area contributed by atoms with Crippen molar-refractivity contribution in [3.05, 3.63) is 11.6 Å². The van der Waals surface area contributed by atoms with Crippen molar-refractivity contribution in [3.63, 3.8) is 0 Å². The topological polar surface area (TPSA) is 158 Å². The van der Waals surface area contributed by atoms with Crippen LogP contribution in [0.4, 0.5) is 4.79 Å². The fraction of sp³-hybridized carbons (Fsp3) is 0.927. The smallest absolute Gasteiger partial charge is 0.410 e. The molecule has 0 bridgehead atoms. The van der Waals surface area contributed by atoms with E-state index in [-0.39, 0.29) is 32.5 Å². The van der Waals surface area contributed by atoms with Gasteiger partial charge in [0.2, 0.25) is 0 Å². The third kappa shape index (κ3) is 11.6. The minimum absolute atomic E-state index is 0. The maximum atomic E-state index is 13.6. The lowest BCUT2D eigenvalue weighted by Gasteiger charge is -2.58. The normalized spacial score (nSPS) is 30.9. The lowest BCUT2D eigenvalue weighted by Crippen LogP contribution is -2.51. The van der Waals surface area contributed by atoms with Crippen LogP contribution in [0.1, 0.15) is 152 Å². The zero-order valence-corrected chi connectivity index (χ0v) is 31.5. The van der Waals surface area contributed by atoms with E-state index >= 15 is 0 Å². The Labute approximate surface area is 308 Å². The summed E-state index contributed by atoms with van der Waals surface area (Å²) in [5, 5.41) is 6.12. The van der Waals surface area contributed by atoms with Crippen LogP contribution in [-0.2, 0) is 4.74 Å². The number of nitrogens with one attached hydrogen (secondary N) is 2. The van der Waals surface area contributed by atoms with E-state index in [1.165, 1.54) is 51.4 Å². The molecule has 294 valence electrons. The molecular weight excluding hydrogens is 622 g/mol. The molecule has 50 heavy (non-hydrogen) atoms. The number of unbranched alkanes of at least 4 members (excludes halogenated alkanes) is 3. The van der Waals surface area contributed by atoms with Gasteiger partial charge >= 0.3 is 6.09 Å². The number of carbonyl (C=O) groups excluding carboxylic acids is 1. The lowest BCUT2D eigenvalue weighted by molar-refractivity contribution is -0.0593. The highest BCUT2D eigenvalue weighted by Crippen LogP contribution is 2.67. The molecule has 0 radical (unpaired) electrons. The average Bonchev–Trinajstić information content (AvgIpc) is 3.38. The quantitative estimate of drug-likeness (QED) is 0.0455. The molecule has 0 aliphatic heterocycles. The molecule has 0 aromatic rings. The lowest BCUT2D eigenvalue weighted by atomic mass is 9.47. The molecular formula is C41H83N7O2. The molecule has 0 aromatic carbocycles. The maximum absolute atomic E-state index is 13.6. The number of allylic oxidation sites excluding steroid dienone is 1. The van der Waals surface area contributed by atoms with Gasteiger partial charge in [0.05, 0.1) is 0 Å². The van der Waals surface area contributed by atoms with E-state index < -0.39 is 12.6 Å². The molecule has 9 nitrogen and oxygen atoms in total. The van der Waals surface area contributed by atoms with Gasteiger partial charge in [0.25, 0.3) is 0 Å². The molecule has 4 aliphatic rings. The Balaban J connectivity index is 0.00000433. The molecule has 4 rings (SSSR count). The fourth-order valence-electron chi connectivity index (χ4n) is 10.8. The number of nitrogens with two attached hydrogens (primary N) is 4. The summed E-state index contributed by atoms with van der Waals surface area (Å²) >= 11 is 0. The van der Waals surface area contributed by atoms with E-state index in [2.05, 4.69) is 51.3 Å². The van der Waals surface area contributed by atoms with Crippen LogP contribution >= 0.6 is 0 Å². The van der Waals surface area contributed by atoms with Gasteiger partial charge in [-0.05, 0) is 130 Å². The predicted octanol–water partition coefficient (Wildman–Crippen LogP) is 7.64. The van der Waals surface area contributed by atoms with Gasteiger partial charge in [-0.1, -0.05) is 86.8 Å². The number of carbonyl (C=O) groups is 1. The Morgan fingerprint density at radius 3 is 2.12 bits per heavy atom. The highest BCUT2D eigenvalue weighted by molar-refractivity contribution is 5.67. The van der Waals surface area contributed by atoms with Crippen molar-refractivity contribution in [2.24, 2.45) is 69.3 Å². The number of rotatable bonds is 19. The summed E-state index contributed by atoms with van der Waals surface area (Å²) in [6.45, 7) is 15.4. The molecule has 3 fully saturated rings. The van der Waals surface area contributed by atoms with Crippen molar-refractivity contribution in [3.8, 4) is 0 Å². The Morgan fingerprint density at radius 2 is 1.48 bits per heavy atom. The van der Waals surface area contributed by atoms with Gasteiger partial charge in [0.1, 0.15) is 18.7 Å². The molecule has 0 spiro atoms. The highest BCUT2D eigenvalue weighted by atomic mass is 16.6. The number of hydrogen-bond donors (Lipinski definition) is 6. The zero-order valence-electron chi connectivity index (χ0n) is 31.5. The standard InChI is InChI=1S/C39H75N7O2.2CH4/c1-27(2)12-11-13-28(3)32-16-17-33-31-15-14-29-26-30(18-20-38(29,4)34(31)19-21-39(32,33)5)48-37(47)46(25-10-8-23-45-36(42)43)24-9-6-7-22-44-35(40)41;;/h14,27-28,30-36,44-45H,6-13,15-26,40-43H2,1-5H3;2*1H4. The summed E-state index contributed by atoms with van der Waals surface area (Å²) in [5.74, 6) is 5.01. The fourth-order valence-corrected chi connectivity index (χ4v) is 10.8. The van der Waals surface area contributed by atoms with Crippen molar-refractivity contribution in [1.29, 1.82) is 0 Å². The van der Waals surface area contributed by atoms with E-state index in [4.69, 9.17) is 27.7 Å². The SMILES string of the molecule is C.C.CC(C)CCCC(C)C1CCC2C3CC=C4CC(OC(=O)N(CCCCCNC(N)N)CCCCNC(N)N)CCC4(C)C3CCC12C. The molecule has 8 atom stereocenters. The van der Waals surface area contributed by atoms with Gasteiger partial charge in [-0.3, -0.25) is 10.6 Å². The maximum Gasteiger partial charge on any atom is 0.410 e. The van der Waals surface area contributed by atoms with Crippen LogP contribution in [0.15, 0.2) is 11.6 Å². The number of ether oxygens (including phenoxy) is 1. The third-order valence-corrected chi connectivity index (χ3v) is 13.5. The van der Waals surface area contributed by atoms with Crippen LogP contribution in [-0.4, -0.2) is 55.9 Å². The first-order valence-electron chi connectivity index (χ1n) is 20.0. The molecule has 8 unspecified atom stereocenters. The van der Waals surface area contributed by atoms with Crippen molar-refractivity contribution in [2.75, 3.05) is 26.2 Å². The van der Waals surface area contributed by atoms with Crippen LogP contribution in [0.25, 0.3) is 0 Å². The summed E-state index contributed by atoms with van der Waals surface area (Å²) in [6.07, 6.45) is 20.1. The van der Waals surface area contributed by atoms with E-state index in [0.29, 0.717) is 18.5 Å². The second-order valence-corrected chi connectivity index (χ2v) is 17.3. The van der Waals surface area contributed by atoms with Crippen LogP contribution < -0.4 is 33.6 Å². The second kappa shape index (κ2) is 20.9. The van der Waals surface area contributed by atoms with E-state index in [9.17, 15) is 4.79 Å². The van der Waals surface area contributed by atoms with Gasteiger partial charge in [0.15, 0.2) is 0 Å². The van der Waals surface area contributed by atoms with Crippen molar-refractivity contribution >= 4 is 6.09 Å². The van der Waals surface area contributed by atoms with Crippen molar-refractivity contribution in [2.45, 2.75) is 171 Å². The van der Waals surface area contributed by atoms with E-state index in [1.54, 1.807) is 5.57 Å². The van der Waals surface area contributed by atoms with Gasteiger partial charge < -0.3 is 32.6 Å². The first-order valence-corrected chi connectivity index (χ1v) is 20.0. The van der Waals surface area contributed by atoms with Crippen LogP contribution in [0, 0.1) is 46.3 Å². The second-order valence-electron chi connectivity index (χ2n) is 17.3. The van der Waals surface area contributed by atoms with Gasteiger partial charge in [0, 0.05) is 19.5 Å². The molecule has 3 saturated carbocycles. The van der Waals surface area contributed by atoms with Gasteiger partial charge in [-0.2, -0.15) is 0 Å². The molecule has 9 heteroatoms. The summed E-state index contributed by atoms with van der Waals surface area (Å²) < 4.78 is 6.31. The minimum atomic E-state index is -0.510. The summed E-state index contributed by atoms with van der Waals surface area (Å²) in [4.78, 5) is 15.5. The monoisotopic (exact) mass is 706 g/mol. The number of fused-ring (bicyclic) bond motifs is 5. The van der Waals surface area contributed by atoms with Gasteiger partial charge in [-0.25, -0.2) is 4.79 Å². The van der Waals surface area contributed by atoms with Crippen LogP contribution in [0.2, 0.25) is 0 Å². The average molecular weight is 706 g/mol. The molecule has 0 aromatic heterocycles. The first kappa shape index (κ1) is 44.9. The number of amides is 1. The number of nitrogens with zero attached hydrogens (tertiary/aromatic N) is 1. The Bertz CT molecular complexity index is 1020. The molecule has 1 amide bonds. The Kier molecular flexibility index (Phi) is 18.7. The van der Waals surface area contributed by atoms with Crippen molar-refractivity contribution in [1.82, 2.24) is 15.5 Å². The van der Waals surface area contributed by atoms with E-state index in [1.807, 2.05) is 4.90 Å². The molecule has 0 saturated heterocycles. The summed E-state index contributed by atoms with van der Waals surface area (Å²) in [5.41, 5.74) is 24.8. The Hall–Kier alpha value is -1.23. The highest BCUT2D eigenvalue weighted by Gasteiger charge is 2.59. The van der Waals surface area contributed by atoms with Crippen molar-refractivity contribution < 1.29 is 9.53 Å². The molecule has 0 heterocycles. The van der Waals surface area contributed by atoms with Gasteiger partial charge in [-0.15, -0.1) is 0 Å². The number of hydrogen-bond acceptors (Lipinski definition) is 8. The van der Waals surface area contributed by atoms with E-state index in [0.717, 1.165) is 100.0 Å². The zero-order chi connectivity index (χ0) is 34.9. The van der Waals surface area contributed by atoms with Crippen LogP contribution in [0.5, 0.6) is 0 Å². The summed E-state index contributed by atoms with van der Waals surface area (Å²) in [6, 6.07) is 0. The van der Waals surface area contributed by atoms with Crippen LogP contribution in [0.3, 0.4) is 0 Å². The Morgan fingerprint density at radius 1 is 0.840 bits per heavy atom. The predicted molar refractivity (Wildman–Crippen MR) is 212 cm³/mol. The summed E-state index contributed by atoms with van der Waals surface area (Å²) in [7, 11) is 0. The molecule has 4 aliphatic carbocycles.